The van der Waals surface area contributed by atoms with Crippen molar-refractivity contribution in [2.24, 2.45) is 10.3 Å². The number of oxime groups is 2. The second kappa shape index (κ2) is 65.2. The smallest absolute Gasteiger partial charge is 1.00 e. The third-order valence-electron chi connectivity index (χ3n) is 9.17. The van der Waals surface area contributed by atoms with Crippen molar-refractivity contribution in [2.75, 3.05) is 52.3 Å². The van der Waals surface area contributed by atoms with Gasteiger partial charge in [0, 0.05) is 36.1 Å². The van der Waals surface area contributed by atoms with E-state index >= 15 is 0 Å². The van der Waals surface area contributed by atoms with Gasteiger partial charge in [-0.3, -0.25) is 28.3 Å². The van der Waals surface area contributed by atoms with E-state index in [-0.39, 0.29) is 257 Å². The van der Waals surface area contributed by atoms with Crippen LogP contribution in [0.5, 0.6) is 0 Å². The van der Waals surface area contributed by atoms with Crippen LogP contribution < -0.4 is 67.9 Å². The van der Waals surface area contributed by atoms with E-state index in [1.807, 2.05) is 121 Å². The molecule has 0 bridgehead atoms. The molecule has 0 fully saturated rings. The normalized spacial score (nSPS) is 11.6. The SMILES string of the molecule is CC(=O)/C(=N/OS(C)(=O)=O)c1ccccc1.CC(=O)/C(=N/OS(C)(=O)=O)c1ccccc1.COC1=C(c2ccccc2)N(OS(C)(=O)=O)C[CH-]O1.COC1=C(c2ccccc2)N(OS(C)(=O)=O)C[CH-]O1.[Br-].[Br-].[Br-].[Br-].[CH2-]C.[CH2-]C.[H-].[H-].[Mg+2].[Mg+2].[Mg+2].[Mg+2].[Mg+2].[Mg+2].[c-]1ccccc1.[c-]1ccccc1. The van der Waals surface area contributed by atoms with Gasteiger partial charge in [-0.15, -0.1) is 13.2 Å². The summed E-state index contributed by atoms with van der Waals surface area (Å²) in [5.74, 6) is -0.369. The first-order valence-corrected chi connectivity index (χ1v) is 32.4. The molecule has 0 spiro atoms. The summed E-state index contributed by atoms with van der Waals surface area (Å²) in [7, 11) is -11.8. The summed E-state index contributed by atoms with van der Waals surface area (Å²) in [6.07, 6.45) is 3.69. The van der Waals surface area contributed by atoms with E-state index in [1.54, 1.807) is 74.5 Å². The monoisotopic (exact) mass is 1720 g/mol. The van der Waals surface area contributed by atoms with E-state index in [4.69, 9.17) is 27.5 Å². The number of benzene rings is 6. The Labute approximate surface area is 709 Å². The second-order valence-electron chi connectivity index (χ2n) is 16.1. The van der Waals surface area contributed by atoms with E-state index in [1.165, 1.54) is 51.4 Å². The number of methoxy groups -OCH3 is 2. The summed E-state index contributed by atoms with van der Waals surface area (Å²) in [5.41, 5.74) is 3.30. The molecule has 6 aromatic carbocycles. The minimum absolute atomic E-state index is 0. The van der Waals surface area contributed by atoms with E-state index < -0.39 is 40.5 Å². The van der Waals surface area contributed by atoms with Crippen LogP contribution in [0, 0.1) is 39.2 Å². The standard InChI is InChI=1S/2C12H14NO5S.2C10H11NO4S.2C6H5.2C2H5.4BrH.6Mg.2H/c2*1-16-12-11(10-6-4-3-5-7-10)13(8-9-17-12)18-19(2,14)15;2*1-8(12)10(11-15-16(2,13)14)9-6-4-3-5-7-9;2*1-2-4-6-5-3-1;2*1-2;;;;;;;;;;;;/h2*3-7,9H,8H2,1-2H3;2*3-7H,1-2H3;2*1-5H;2*1H2,2H3;4*1H;;;;;;;;/q2*-1;;;4*-1;;;;;6*+2;2*-1/p-4/b;;2*11-10-;;;;;;;;;;;;;;;;. The molecule has 0 N–H and O–H groups in total. The van der Waals surface area contributed by atoms with Crippen LogP contribution in [0.15, 0.2) is 204 Å². The minimum atomic E-state index is -3.70. The molecule has 6 aromatic rings. The third-order valence-corrected chi connectivity index (χ3v) is 10.8. The summed E-state index contributed by atoms with van der Waals surface area (Å²) >= 11 is 0. The van der Waals surface area contributed by atoms with Crippen molar-refractivity contribution < 1.29 is 150 Å². The first kappa shape index (κ1) is 115. The summed E-state index contributed by atoms with van der Waals surface area (Å²) in [4.78, 5) is 22.5. The molecule has 0 unspecified atom stereocenters. The Hall–Kier alpha value is -1.88. The van der Waals surface area contributed by atoms with Gasteiger partial charge in [-0.1, -0.05) is 132 Å². The largest absolute Gasteiger partial charge is 2.00 e. The number of hydroxylamine groups is 4. The van der Waals surface area contributed by atoms with Crippen LogP contribution in [0.4, 0.5) is 0 Å². The van der Waals surface area contributed by atoms with Gasteiger partial charge in [0.15, 0.2) is 23.0 Å². The fraction of sp³-hybridized carbons (Fsp3) is 0.200. The molecule has 0 aliphatic carbocycles. The molecule has 504 valence electrons. The van der Waals surface area contributed by atoms with Crippen LogP contribution in [-0.4, -0.2) is 257 Å². The summed E-state index contributed by atoms with van der Waals surface area (Å²) in [6, 6.07) is 60.2. The summed E-state index contributed by atoms with van der Waals surface area (Å²) < 4.78 is 127. The van der Waals surface area contributed by atoms with Crippen molar-refractivity contribution >= 4 is 213 Å². The van der Waals surface area contributed by atoms with Crippen LogP contribution in [0.3, 0.4) is 0 Å². The predicted molar refractivity (Wildman–Crippen MR) is 365 cm³/mol. The van der Waals surface area contributed by atoms with E-state index in [9.17, 15) is 43.3 Å². The molecule has 96 heavy (non-hydrogen) atoms. The molecule has 0 radical (unpaired) electrons. The number of carbonyl (C=O) groups is 2. The van der Waals surface area contributed by atoms with Crippen molar-refractivity contribution in [3.05, 3.63) is 255 Å². The molecule has 22 nitrogen and oxygen atoms in total. The number of carbonyl (C=O) groups excluding carboxylic acids is 2. The first-order valence-electron chi connectivity index (χ1n) is 25.1. The molecule has 0 amide bonds. The number of ether oxygens (including phenoxy) is 4. The number of hydrogen-bond acceptors (Lipinski definition) is 22. The zero-order valence-corrected chi connectivity index (χ0v) is 72.9. The van der Waals surface area contributed by atoms with Gasteiger partial charge in [0.1, 0.15) is 11.4 Å². The van der Waals surface area contributed by atoms with Crippen LogP contribution in [0.1, 0.15) is 52.8 Å². The first-order chi connectivity index (χ1) is 40.8. The Morgan fingerprint density at radius 3 is 0.865 bits per heavy atom. The van der Waals surface area contributed by atoms with Crippen molar-refractivity contribution in [1.29, 1.82) is 0 Å². The number of hydrogen-bond donors (Lipinski definition) is 0. The molecule has 0 aromatic heterocycles. The zero-order chi connectivity index (χ0) is 64.6. The number of halogens is 4. The molecule has 0 atom stereocenters. The maximum absolute atomic E-state index is 11.3. The molecule has 2 heterocycles. The Balaban J connectivity index is -0.0000000901. The fourth-order valence-electron chi connectivity index (χ4n) is 6.05. The molecular weight excluding hydrogens is 1660 g/mol. The van der Waals surface area contributed by atoms with Gasteiger partial charge in [-0.2, -0.15) is 129 Å². The third kappa shape index (κ3) is 53.0. The fourth-order valence-corrected chi connectivity index (χ4v) is 7.40. The molecule has 2 aliphatic heterocycles. The molecule has 2 aliphatic rings. The van der Waals surface area contributed by atoms with Gasteiger partial charge in [0.2, 0.25) is 0 Å². The average molecular weight is 1730 g/mol. The topological polar surface area (TPSA) is 276 Å². The van der Waals surface area contributed by atoms with Crippen LogP contribution in [0.2, 0.25) is 0 Å². The Morgan fingerprint density at radius 2 is 0.677 bits per heavy atom. The molecule has 8 rings (SSSR count). The van der Waals surface area contributed by atoms with Gasteiger partial charge in [-0.25, -0.2) is 0 Å². The van der Waals surface area contributed by atoms with Crippen LogP contribution >= 0.6 is 0 Å². The number of Topliss-reactive ketones (excluding diaryl/α,β-unsaturated/α-hetero) is 2. The van der Waals surface area contributed by atoms with Crippen LogP contribution in [-0.2, 0) is 86.1 Å². The average Bonchev–Trinajstić information content (AvgIpc) is 0.820. The zero-order valence-electron chi connectivity index (χ0n) is 56.8. The van der Waals surface area contributed by atoms with Gasteiger partial charge >= 0.3 is 159 Å². The Morgan fingerprint density at radius 1 is 0.438 bits per heavy atom. The number of nitrogens with zero attached hydrogens (tertiary/aromatic N) is 4. The van der Waals surface area contributed by atoms with Gasteiger partial charge in [-0.05, 0) is 13.1 Å². The Kier molecular flexibility index (Phi) is 78.3. The maximum atomic E-state index is 11.3. The van der Waals surface area contributed by atoms with Crippen molar-refractivity contribution in [3.63, 3.8) is 0 Å². The van der Waals surface area contributed by atoms with Crippen molar-refractivity contribution in [3.8, 4) is 0 Å². The van der Waals surface area contributed by atoms with E-state index in [0.29, 0.717) is 22.5 Å². The number of ketones is 2. The number of rotatable bonds is 16. The molecular formula is C60H72Br4Mg6N4O18S4. The Bertz CT molecular complexity index is 3270. The maximum Gasteiger partial charge on any atom is 2.00 e. The van der Waals surface area contributed by atoms with E-state index in [0.717, 1.165) is 36.1 Å². The van der Waals surface area contributed by atoms with Gasteiger partial charge in [0.25, 0.3) is 32.1 Å². The van der Waals surface area contributed by atoms with Crippen LogP contribution in [0.25, 0.3) is 11.4 Å². The van der Waals surface area contributed by atoms with Gasteiger partial charge in [0.05, 0.1) is 39.2 Å². The molecule has 0 saturated carbocycles. The summed E-state index contributed by atoms with van der Waals surface area (Å²) in [6.45, 7) is 15.7. The molecule has 36 heteroatoms. The van der Waals surface area contributed by atoms with Gasteiger partial charge < -0.3 is 104 Å². The predicted octanol–water partition coefficient (Wildman–Crippen LogP) is -4.79. The van der Waals surface area contributed by atoms with E-state index in [2.05, 4.69) is 44.9 Å². The quantitative estimate of drug-likeness (QED) is 0.0381. The summed E-state index contributed by atoms with van der Waals surface area (Å²) in [5, 5.41) is 9.12. The molecule has 0 saturated heterocycles. The second-order valence-corrected chi connectivity index (χ2v) is 22.3. The van der Waals surface area contributed by atoms with Crippen molar-refractivity contribution in [2.45, 2.75) is 27.7 Å². The van der Waals surface area contributed by atoms with Crippen molar-refractivity contribution in [1.82, 2.24) is 10.1 Å². The minimum Gasteiger partial charge on any atom is -1.00 e.